The smallest absolute Gasteiger partial charge is 0.273 e. The number of aryl methyl sites for hydroxylation is 1. The number of halogens is 1. The lowest BCUT2D eigenvalue weighted by molar-refractivity contribution is 0.0787. The number of rotatable bonds is 6. The third kappa shape index (κ3) is 4.76. The SMILES string of the molecule is CCCCN(C)C(=O)c1cnc(Nc2ccc(C)c(Br)c2)cn1. The summed E-state index contributed by atoms with van der Waals surface area (Å²) in [6.07, 6.45) is 5.13. The molecule has 1 aromatic carbocycles. The molecule has 0 bridgehead atoms. The van der Waals surface area contributed by atoms with Crippen LogP contribution in [-0.4, -0.2) is 34.4 Å². The van der Waals surface area contributed by atoms with Crippen molar-refractivity contribution in [2.24, 2.45) is 0 Å². The third-order valence-corrected chi connectivity index (χ3v) is 4.36. The topological polar surface area (TPSA) is 58.1 Å². The predicted molar refractivity (Wildman–Crippen MR) is 96.1 cm³/mol. The second-order valence-electron chi connectivity index (χ2n) is 5.46. The molecule has 5 nitrogen and oxygen atoms in total. The van der Waals surface area contributed by atoms with E-state index in [1.54, 1.807) is 18.1 Å². The van der Waals surface area contributed by atoms with Crippen molar-refractivity contribution in [1.29, 1.82) is 0 Å². The summed E-state index contributed by atoms with van der Waals surface area (Å²) in [5.41, 5.74) is 2.44. The van der Waals surface area contributed by atoms with E-state index in [2.05, 4.69) is 38.1 Å². The lowest BCUT2D eigenvalue weighted by Gasteiger charge is -2.16. The van der Waals surface area contributed by atoms with Crippen LogP contribution in [0.3, 0.4) is 0 Å². The molecule has 2 rings (SSSR count). The summed E-state index contributed by atoms with van der Waals surface area (Å²) in [6, 6.07) is 5.97. The Bertz CT molecular complexity index is 673. The Balaban J connectivity index is 2.04. The van der Waals surface area contributed by atoms with Gasteiger partial charge in [-0.1, -0.05) is 35.3 Å². The quantitative estimate of drug-likeness (QED) is 0.821. The van der Waals surface area contributed by atoms with Gasteiger partial charge in [0.25, 0.3) is 5.91 Å². The van der Waals surface area contributed by atoms with Crippen molar-refractivity contribution in [3.8, 4) is 0 Å². The molecule has 1 aromatic heterocycles. The van der Waals surface area contributed by atoms with Crippen LogP contribution < -0.4 is 5.32 Å². The van der Waals surface area contributed by atoms with Gasteiger partial charge in [-0.25, -0.2) is 9.97 Å². The first-order valence-corrected chi connectivity index (χ1v) is 8.41. The maximum atomic E-state index is 12.2. The van der Waals surface area contributed by atoms with E-state index in [0.29, 0.717) is 11.5 Å². The zero-order valence-electron chi connectivity index (χ0n) is 13.6. The van der Waals surface area contributed by atoms with Crippen LogP contribution in [0.25, 0.3) is 0 Å². The molecule has 1 heterocycles. The summed E-state index contributed by atoms with van der Waals surface area (Å²) in [5, 5.41) is 3.17. The summed E-state index contributed by atoms with van der Waals surface area (Å²) in [4.78, 5) is 22.4. The average Bonchev–Trinajstić information content (AvgIpc) is 2.56. The molecule has 0 radical (unpaired) electrons. The number of hydrogen-bond donors (Lipinski definition) is 1. The molecular weight excluding hydrogens is 356 g/mol. The van der Waals surface area contributed by atoms with E-state index >= 15 is 0 Å². The Morgan fingerprint density at radius 1 is 1.30 bits per heavy atom. The number of aromatic nitrogens is 2. The minimum atomic E-state index is -0.101. The number of anilines is 2. The van der Waals surface area contributed by atoms with Crippen LogP contribution in [0.1, 0.15) is 35.8 Å². The Morgan fingerprint density at radius 3 is 2.70 bits per heavy atom. The number of carbonyl (C=O) groups is 1. The van der Waals surface area contributed by atoms with Crippen molar-refractivity contribution in [3.63, 3.8) is 0 Å². The second-order valence-corrected chi connectivity index (χ2v) is 6.31. The van der Waals surface area contributed by atoms with Gasteiger partial charge in [0.1, 0.15) is 11.5 Å². The standard InChI is InChI=1S/C17H21BrN4O/c1-4-5-8-22(3)17(23)15-10-20-16(11-19-15)21-13-7-6-12(2)14(18)9-13/h6-7,9-11H,4-5,8H2,1-3H3,(H,20,21). The summed E-state index contributed by atoms with van der Waals surface area (Å²) < 4.78 is 1.03. The second kappa shape index (κ2) is 8.06. The predicted octanol–water partition coefficient (Wildman–Crippen LogP) is 4.16. The summed E-state index contributed by atoms with van der Waals surface area (Å²) >= 11 is 3.50. The molecule has 0 aliphatic heterocycles. The summed E-state index contributed by atoms with van der Waals surface area (Å²) in [6.45, 7) is 4.86. The van der Waals surface area contributed by atoms with Crippen LogP contribution in [0.5, 0.6) is 0 Å². The van der Waals surface area contributed by atoms with Crippen LogP contribution in [-0.2, 0) is 0 Å². The van der Waals surface area contributed by atoms with E-state index in [1.807, 2.05) is 25.1 Å². The van der Waals surface area contributed by atoms with Crippen LogP contribution >= 0.6 is 15.9 Å². The zero-order chi connectivity index (χ0) is 16.8. The molecule has 0 fully saturated rings. The monoisotopic (exact) mass is 376 g/mol. The number of nitrogens with one attached hydrogen (secondary N) is 1. The van der Waals surface area contributed by atoms with E-state index in [4.69, 9.17) is 0 Å². The molecule has 0 aliphatic rings. The molecule has 1 amide bonds. The number of carbonyl (C=O) groups excluding carboxylic acids is 1. The number of benzene rings is 1. The lowest BCUT2D eigenvalue weighted by atomic mass is 10.2. The first kappa shape index (κ1) is 17.4. The van der Waals surface area contributed by atoms with Gasteiger partial charge in [0.05, 0.1) is 12.4 Å². The zero-order valence-corrected chi connectivity index (χ0v) is 15.2. The van der Waals surface area contributed by atoms with Gasteiger partial charge in [-0.3, -0.25) is 4.79 Å². The minimum Gasteiger partial charge on any atom is -0.340 e. The van der Waals surface area contributed by atoms with Gasteiger partial charge >= 0.3 is 0 Å². The van der Waals surface area contributed by atoms with Gasteiger partial charge in [-0.2, -0.15) is 0 Å². The van der Waals surface area contributed by atoms with Gasteiger partial charge in [0.2, 0.25) is 0 Å². The summed E-state index contributed by atoms with van der Waals surface area (Å²) in [7, 11) is 1.79. The highest BCUT2D eigenvalue weighted by atomic mass is 79.9. The minimum absolute atomic E-state index is 0.101. The van der Waals surface area contributed by atoms with E-state index in [0.717, 1.165) is 35.1 Å². The van der Waals surface area contributed by atoms with Crippen molar-refractivity contribution < 1.29 is 4.79 Å². The molecule has 6 heteroatoms. The van der Waals surface area contributed by atoms with Gasteiger partial charge in [0, 0.05) is 23.8 Å². The first-order chi connectivity index (χ1) is 11.0. The number of hydrogen-bond acceptors (Lipinski definition) is 4. The fraction of sp³-hybridized carbons (Fsp3) is 0.353. The normalized spacial score (nSPS) is 10.4. The van der Waals surface area contributed by atoms with E-state index in [-0.39, 0.29) is 5.91 Å². The highest BCUT2D eigenvalue weighted by Gasteiger charge is 2.13. The van der Waals surface area contributed by atoms with Crippen molar-refractivity contribution in [1.82, 2.24) is 14.9 Å². The highest BCUT2D eigenvalue weighted by Crippen LogP contribution is 2.22. The maximum absolute atomic E-state index is 12.2. The van der Waals surface area contributed by atoms with E-state index in [1.165, 1.54) is 6.20 Å². The van der Waals surface area contributed by atoms with Crippen molar-refractivity contribution in [3.05, 3.63) is 46.3 Å². The molecule has 0 unspecified atom stereocenters. The van der Waals surface area contributed by atoms with Gasteiger partial charge < -0.3 is 10.2 Å². The molecule has 0 atom stereocenters. The van der Waals surface area contributed by atoms with Crippen molar-refractivity contribution in [2.45, 2.75) is 26.7 Å². The van der Waals surface area contributed by atoms with Gasteiger partial charge in [-0.15, -0.1) is 0 Å². The lowest BCUT2D eigenvalue weighted by Crippen LogP contribution is -2.28. The third-order valence-electron chi connectivity index (χ3n) is 3.51. The maximum Gasteiger partial charge on any atom is 0.273 e. The Hall–Kier alpha value is -1.95. The molecular formula is C17H21BrN4O. The molecule has 2 aromatic rings. The molecule has 0 spiro atoms. The van der Waals surface area contributed by atoms with Crippen molar-refractivity contribution >= 4 is 33.3 Å². The average molecular weight is 377 g/mol. The fourth-order valence-electron chi connectivity index (χ4n) is 2.01. The Kier molecular flexibility index (Phi) is 6.10. The number of nitrogens with zero attached hydrogens (tertiary/aromatic N) is 3. The van der Waals surface area contributed by atoms with Crippen LogP contribution in [0.4, 0.5) is 11.5 Å². The van der Waals surface area contributed by atoms with E-state index < -0.39 is 0 Å². The molecule has 122 valence electrons. The van der Waals surface area contributed by atoms with E-state index in [9.17, 15) is 4.79 Å². The first-order valence-electron chi connectivity index (χ1n) is 7.62. The molecule has 0 saturated carbocycles. The van der Waals surface area contributed by atoms with Gasteiger partial charge in [0.15, 0.2) is 0 Å². The van der Waals surface area contributed by atoms with Crippen molar-refractivity contribution in [2.75, 3.05) is 18.9 Å². The summed E-state index contributed by atoms with van der Waals surface area (Å²) in [5.74, 6) is 0.504. The molecule has 1 N–H and O–H groups in total. The van der Waals surface area contributed by atoms with Gasteiger partial charge in [-0.05, 0) is 31.0 Å². The largest absolute Gasteiger partial charge is 0.340 e. The highest BCUT2D eigenvalue weighted by molar-refractivity contribution is 9.10. The molecule has 0 aliphatic carbocycles. The van der Waals surface area contributed by atoms with Crippen LogP contribution in [0.2, 0.25) is 0 Å². The Morgan fingerprint density at radius 2 is 2.09 bits per heavy atom. The van der Waals surface area contributed by atoms with Crippen LogP contribution in [0.15, 0.2) is 35.1 Å². The molecule has 23 heavy (non-hydrogen) atoms. The Labute approximate surface area is 145 Å². The number of unbranched alkanes of at least 4 members (excludes halogenated alkanes) is 1. The fourth-order valence-corrected chi connectivity index (χ4v) is 2.39. The number of amides is 1. The molecule has 0 saturated heterocycles. The van der Waals surface area contributed by atoms with Crippen LogP contribution in [0, 0.1) is 6.92 Å².